The zero-order valence-corrected chi connectivity index (χ0v) is 19.8. The standard InChI is InChI=1S/C21H27N3O6S2/c1-4-31(26,27)23-20-8-6-17(13-16(20)3)22-21(25)19-14-18(7-5-15(19)2)32(28,29)24-9-11-30-12-10-24/h5-8,13-14,23H,4,9-12H2,1-3H3,(H,22,25). The molecule has 174 valence electrons. The second-order valence-corrected chi connectivity index (χ2v) is 11.4. The lowest BCUT2D eigenvalue weighted by Gasteiger charge is -2.26. The van der Waals surface area contributed by atoms with Crippen molar-refractivity contribution < 1.29 is 26.4 Å². The van der Waals surface area contributed by atoms with Crippen molar-refractivity contribution in [2.45, 2.75) is 25.7 Å². The van der Waals surface area contributed by atoms with Gasteiger partial charge in [-0.2, -0.15) is 4.31 Å². The molecular weight excluding hydrogens is 454 g/mol. The maximum Gasteiger partial charge on any atom is 0.255 e. The number of anilines is 2. The Balaban J connectivity index is 1.82. The number of nitrogens with zero attached hydrogens (tertiary/aromatic N) is 1. The number of nitrogens with one attached hydrogen (secondary N) is 2. The zero-order valence-electron chi connectivity index (χ0n) is 18.2. The van der Waals surface area contributed by atoms with Crippen molar-refractivity contribution in [1.29, 1.82) is 0 Å². The monoisotopic (exact) mass is 481 g/mol. The van der Waals surface area contributed by atoms with Gasteiger partial charge in [-0.1, -0.05) is 6.07 Å². The molecule has 1 saturated heterocycles. The van der Waals surface area contributed by atoms with Gasteiger partial charge in [0.05, 0.1) is 29.5 Å². The number of carbonyl (C=O) groups is 1. The summed E-state index contributed by atoms with van der Waals surface area (Å²) in [6.45, 7) is 6.21. The Morgan fingerprint density at radius 2 is 1.69 bits per heavy atom. The van der Waals surface area contributed by atoms with Gasteiger partial charge in [-0.15, -0.1) is 0 Å². The Kier molecular flexibility index (Phi) is 7.23. The van der Waals surface area contributed by atoms with Crippen molar-refractivity contribution in [3.63, 3.8) is 0 Å². The topological polar surface area (TPSA) is 122 Å². The molecule has 1 aliphatic rings. The van der Waals surface area contributed by atoms with E-state index in [4.69, 9.17) is 4.74 Å². The van der Waals surface area contributed by atoms with E-state index < -0.39 is 26.0 Å². The molecule has 1 fully saturated rings. The van der Waals surface area contributed by atoms with Crippen LogP contribution in [0.2, 0.25) is 0 Å². The predicted molar refractivity (Wildman–Crippen MR) is 123 cm³/mol. The maximum atomic E-state index is 12.9. The molecule has 2 N–H and O–H groups in total. The molecule has 32 heavy (non-hydrogen) atoms. The second kappa shape index (κ2) is 9.57. The molecule has 0 unspecified atom stereocenters. The van der Waals surface area contributed by atoms with E-state index in [1.165, 1.54) is 16.4 Å². The lowest BCUT2D eigenvalue weighted by Crippen LogP contribution is -2.40. The van der Waals surface area contributed by atoms with Crippen LogP contribution in [0, 0.1) is 13.8 Å². The highest BCUT2D eigenvalue weighted by molar-refractivity contribution is 7.92. The molecule has 0 aliphatic carbocycles. The summed E-state index contributed by atoms with van der Waals surface area (Å²) in [6, 6.07) is 9.29. The number of benzene rings is 2. The van der Waals surface area contributed by atoms with Crippen LogP contribution in [0.3, 0.4) is 0 Å². The van der Waals surface area contributed by atoms with Gasteiger partial charge in [0.15, 0.2) is 0 Å². The fourth-order valence-electron chi connectivity index (χ4n) is 3.24. The van der Waals surface area contributed by atoms with Crippen LogP contribution in [-0.4, -0.2) is 59.1 Å². The number of carbonyl (C=O) groups excluding carboxylic acids is 1. The first-order valence-electron chi connectivity index (χ1n) is 10.1. The molecule has 1 aliphatic heterocycles. The van der Waals surface area contributed by atoms with Crippen molar-refractivity contribution in [3.05, 3.63) is 53.1 Å². The predicted octanol–water partition coefficient (Wildman–Crippen LogP) is 2.34. The third-order valence-corrected chi connectivity index (χ3v) is 8.38. The number of ether oxygens (including phenoxy) is 1. The van der Waals surface area contributed by atoms with E-state index in [9.17, 15) is 21.6 Å². The van der Waals surface area contributed by atoms with Crippen LogP contribution in [0.4, 0.5) is 11.4 Å². The van der Waals surface area contributed by atoms with Crippen molar-refractivity contribution >= 4 is 37.3 Å². The highest BCUT2D eigenvalue weighted by atomic mass is 32.2. The van der Waals surface area contributed by atoms with Gasteiger partial charge >= 0.3 is 0 Å². The van der Waals surface area contributed by atoms with Crippen LogP contribution in [0.25, 0.3) is 0 Å². The molecular formula is C21H27N3O6S2. The van der Waals surface area contributed by atoms with E-state index in [0.29, 0.717) is 35.7 Å². The third kappa shape index (κ3) is 5.47. The SMILES string of the molecule is CCS(=O)(=O)Nc1ccc(NC(=O)c2cc(S(=O)(=O)N3CCOCC3)ccc2C)cc1C. The van der Waals surface area contributed by atoms with Gasteiger partial charge in [-0.3, -0.25) is 9.52 Å². The zero-order chi connectivity index (χ0) is 23.5. The first-order chi connectivity index (χ1) is 15.0. The molecule has 0 radical (unpaired) electrons. The highest BCUT2D eigenvalue weighted by Gasteiger charge is 2.27. The first-order valence-corrected chi connectivity index (χ1v) is 13.2. The van der Waals surface area contributed by atoms with Gasteiger partial charge in [-0.05, 0) is 62.2 Å². The summed E-state index contributed by atoms with van der Waals surface area (Å²) in [5.74, 6) is -0.503. The van der Waals surface area contributed by atoms with Gasteiger partial charge < -0.3 is 10.1 Å². The summed E-state index contributed by atoms with van der Waals surface area (Å²) in [7, 11) is -7.15. The minimum atomic E-state index is -3.73. The molecule has 0 spiro atoms. The van der Waals surface area contributed by atoms with E-state index in [1.807, 2.05) is 0 Å². The quantitative estimate of drug-likeness (QED) is 0.626. The fraction of sp³-hybridized carbons (Fsp3) is 0.381. The number of hydrogen-bond donors (Lipinski definition) is 2. The molecule has 11 heteroatoms. The minimum Gasteiger partial charge on any atom is -0.379 e. The number of morpholine rings is 1. The minimum absolute atomic E-state index is 0.0477. The van der Waals surface area contributed by atoms with Gasteiger partial charge in [0.25, 0.3) is 5.91 Å². The fourth-order valence-corrected chi connectivity index (χ4v) is 5.38. The summed E-state index contributed by atoms with van der Waals surface area (Å²) in [4.78, 5) is 13.0. The number of amides is 1. The molecule has 1 heterocycles. The average molecular weight is 482 g/mol. The summed E-state index contributed by atoms with van der Waals surface area (Å²) < 4.78 is 58.5. The molecule has 0 bridgehead atoms. The van der Waals surface area contributed by atoms with Gasteiger partial charge in [0, 0.05) is 24.3 Å². The molecule has 3 rings (SSSR count). The molecule has 1 amide bonds. The van der Waals surface area contributed by atoms with Gasteiger partial charge in [-0.25, -0.2) is 16.8 Å². The molecule has 2 aromatic rings. The Labute approximate surface area is 188 Å². The third-order valence-electron chi connectivity index (χ3n) is 5.19. The van der Waals surface area contributed by atoms with Crippen molar-refractivity contribution in [3.8, 4) is 0 Å². The Morgan fingerprint density at radius 3 is 2.31 bits per heavy atom. The lowest BCUT2D eigenvalue weighted by molar-refractivity contribution is 0.0730. The molecule has 0 atom stereocenters. The largest absolute Gasteiger partial charge is 0.379 e. The normalized spacial score (nSPS) is 15.3. The van der Waals surface area contributed by atoms with Crippen LogP contribution in [0.5, 0.6) is 0 Å². The summed E-state index contributed by atoms with van der Waals surface area (Å²) in [5, 5.41) is 2.76. The number of aryl methyl sites for hydroxylation is 2. The number of hydrogen-bond acceptors (Lipinski definition) is 6. The van der Waals surface area contributed by atoms with E-state index in [0.717, 1.165) is 0 Å². The summed E-state index contributed by atoms with van der Waals surface area (Å²) >= 11 is 0. The van der Waals surface area contributed by atoms with Crippen molar-refractivity contribution in [2.24, 2.45) is 0 Å². The van der Waals surface area contributed by atoms with E-state index in [2.05, 4.69) is 10.0 Å². The Bertz CT molecular complexity index is 1220. The van der Waals surface area contributed by atoms with E-state index in [-0.39, 0.29) is 29.3 Å². The van der Waals surface area contributed by atoms with E-state index in [1.54, 1.807) is 45.0 Å². The van der Waals surface area contributed by atoms with Crippen molar-refractivity contribution in [2.75, 3.05) is 42.1 Å². The summed E-state index contributed by atoms with van der Waals surface area (Å²) in [6.07, 6.45) is 0. The van der Waals surface area contributed by atoms with Crippen LogP contribution in [-0.2, 0) is 24.8 Å². The van der Waals surface area contributed by atoms with Crippen LogP contribution in [0.15, 0.2) is 41.3 Å². The smallest absolute Gasteiger partial charge is 0.255 e. The number of rotatable bonds is 7. The lowest BCUT2D eigenvalue weighted by atomic mass is 10.1. The van der Waals surface area contributed by atoms with Gasteiger partial charge in [0.2, 0.25) is 20.0 Å². The summed E-state index contributed by atoms with van der Waals surface area (Å²) in [5.41, 5.74) is 2.41. The molecule has 2 aromatic carbocycles. The number of sulfonamides is 2. The van der Waals surface area contributed by atoms with Crippen molar-refractivity contribution in [1.82, 2.24) is 4.31 Å². The second-order valence-electron chi connectivity index (χ2n) is 7.48. The van der Waals surface area contributed by atoms with Crippen LogP contribution in [0.1, 0.15) is 28.4 Å². The highest BCUT2D eigenvalue weighted by Crippen LogP contribution is 2.24. The average Bonchev–Trinajstić information content (AvgIpc) is 2.76. The van der Waals surface area contributed by atoms with Gasteiger partial charge in [0.1, 0.15) is 0 Å². The van der Waals surface area contributed by atoms with Crippen LogP contribution >= 0.6 is 0 Å². The molecule has 0 saturated carbocycles. The molecule has 9 nitrogen and oxygen atoms in total. The van der Waals surface area contributed by atoms with Crippen LogP contribution < -0.4 is 10.0 Å². The first kappa shape index (κ1) is 24.2. The molecule has 0 aromatic heterocycles. The Hall–Kier alpha value is -2.47. The Morgan fingerprint density at radius 1 is 1.00 bits per heavy atom. The maximum absolute atomic E-state index is 12.9. The van der Waals surface area contributed by atoms with E-state index >= 15 is 0 Å².